The predicted molar refractivity (Wildman–Crippen MR) is 50.7 cm³/mol. The highest BCUT2D eigenvalue weighted by Crippen LogP contribution is 2.12. The van der Waals surface area contributed by atoms with E-state index in [9.17, 15) is 0 Å². The summed E-state index contributed by atoms with van der Waals surface area (Å²) in [5.74, 6) is 0. The van der Waals surface area contributed by atoms with E-state index in [4.69, 9.17) is 17.0 Å². The summed E-state index contributed by atoms with van der Waals surface area (Å²) in [7, 11) is 0. The van der Waals surface area contributed by atoms with Crippen LogP contribution in [0.15, 0.2) is 23.8 Å². The van der Waals surface area contributed by atoms with E-state index in [2.05, 4.69) is 18.2 Å². The van der Waals surface area contributed by atoms with E-state index >= 15 is 0 Å². The van der Waals surface area contributed by atoms with Gasteiger partial charge in [-0.3, -0.25) is 0 Å². The van der Waals surface area contributed by atoms with Crippen molar-refractivity contribution in [3.63, 3.8) is 0 Å². The van der Waals surface area contributed by atoms with Gasteiger partial charge in [0.15, 0.2) is 5.05 Å². The Balaban J connectivity index is 2.12. The van der Waals surface area contributed by atoms with E-state index in [0.29, 0.717) is 11.7 Å². The second-order valence-electron chi connectivity index (χ2n) is 2.51. The van der Waals surface area contributed by atoms with Crippen LogP contribution < -0.4 is 0 Å². The van der Waals surface area contributed by atoms with E-state index in [-0.39, 0.29) is 0 Å². The minimum Gasteiger partial charge on any atom is -0.487 e. The van der Waals surface area contributed by atoms with Crippen LogP contribution in [0.25, 0.3) is 0 Å². The number of ether oxygens (including phenoxy) is 1. The molecule has 0 aromatic heterocycles. The number of thiocarbonyl (C=S) groups is 1. The molecule has 0 unspecified atom stereocenters. The van der Waals surface area contributed by atoms with Crippen molar-refractivity contribution in [2.24, 2.45) is 0 Å². The summed E-state index contributed by atoms with van der Waals surface area (Å²) in [6, 6.07) is 0. The first-order valence-electron chi connectivity index (χ1n) is 3.78. The lowest BCUT2D eigenvalue weighted by molar-refractivity contribution is 0.316. The Labute approximate surface area is 72.7 Å². The molecule has 0 atom stereocenters. The summed E-state index contributed by atoms with van der Waals surface area (Å²) in [6.45, 7) is 2.51. The summed E-state index contributed by atoms with van der Waals surface area (Å²) < 4.78 is 5.16. The number of allylic oxidation sites excluding steroid dienone is 3. The largest absolute Gasteiger partial charge is 0.487 e. The van der Waals surface area contributed by atoms with Crippen molar-refractivity contribution in [3.8, 4) is 0 Å². The van der Waals surface area contributed by atoms with E-state index < -0.39 is 0 Å². The van der Waals surface area contributed by atoms with Crippen LogP contribution in [-0.2, 0) is 4.74 Å². The normalized spacial score (nSPS) is 14.8. The third-order valence-electron chi connectivity index (χ3n) is 1.54. The van der Waals surface area contributed by atoms with Crippen molar-refractivity contribution in [2.45, 2.75) is 19.8 Å². The molecule has 0 bridgehead atoms. The van der Waals surface area contributed by atoms with Crippen LogP contribution in [0.5, 0.6) is 0 Å². The summed E-state index contributed by atoms with van der Waals surface area (Å²) in [6.07, 6.45) is 8.56. The molecule has 0 spiro atoms. The molecule has 1 nitrogen and oxygen atoms in total. The standard InChI is InChI=1S/C9H12OS/c1-8(11)10-7-6-9-4-2-3-5-9/h2,4-5H,3,6-7H2,1H3. The van der Waals surface area contributed by atoms with Crippen LogP contribution in [0.3, 0.4) is 0 Å². The summed E-state index contributed by atoms with van der Waals surface area (Å²) >= 11 is 4.78. The van der Waals surface area contributed by atoms with Gasteiger partial charge in [0.05, 0.1) is 6.61 Å². The van der Waals surface area contributed by atoms with Gasteiger partial charge in [-0.05, 0) is 24.2 Å². The Morgan fingerprint density at radius 2 is 2.55 bits per heavy atom. The van der Waals surface area contributed by atoms with Gasteiger partial charge in [0.1, 0.15) is 0 Å². The van der Waals surface area contributed by atoms with Crippen molar-refractivity contribution in [1.29, 1.82) is 0 Å². The van der Waals surface area contributed by atoms with Gasteiger partial charge in [0, 0.05) is 13.3 Å². The van der Waals surface area contributed by atoms with Crippen LogP contribution in [0.1, 0.15) is 19.8 Å². The van der Waals surface area contributed by atoms with Gasteiger partial charge in [0.2, 0.25) is 0 Å². The molecule has 0 fully saturated rings. The minimum atomic E-state index is 0.632. The second kappa shape index (κ2) is 4.29. The Morgan fingerprint density at radius 1 is 1.73 bits per heavy atom. The van der Waals surface area contributed by atoms with E-state index in [1.165, 1.54) is 5.57 Å². The van der Waals surface area contributed by atoms with Crippen molar-refractivity contribution >= 4 is 17.3 Å². The van der Waals surface area contributed by atoms with Crippen LogP contribution >= 0.6 is 12.2 Å². The second-order valence-corrected chi connectivity index (χ2v) is 3.08. The van der Waals surface area contributed by atoms with Gasteiger partial charge in [-0.2, -0.15) is 0 Å². The zero-order valence-corrected chi connectivity index (χ0v) is 7.49. The highest BCUT2D eigenvalue weighted by molar-refractivity contribution is 7.80. The fourth-order valence-electron chi connectivity index (χ4n) is 1.00. The monoisotopic (exact) mass is 168 g/mol. The van der Waals surface area contributed by atoms with Crippen molar-refractivity contribution in [3.05, 3.63) is 23.8 Å². The molecule has 0 radical (unpaired) electrons. The van der Waals surface area contributed by atoms with E-state index in [1.54, 1.807) is 6.92 Å². The van der Waals surface area contributed by atoms with Gasteiger partial charge in [-0.1, -0.05) is 18.2 Å². The topological polar surface area (TPSA) is 9.23 Å². The maximum Gasteiger partial charge on any atom is 0.156 e. The average molecular weight is 168 g/mol. The first-order valence-corrected chi connectivity index (χ1v) is 4.19. The first-order chi connectivity index (χ1) is 5.29. The molecule has 0 amide bonds. The molecular formula is C9H12OS. The predicted octanol–water partition coefficient (Wildman–Crippen LogP) is 2.63. The molecule has 1 aliphatic carbocycles. The maximum atomic E-state index is 5.16. The molecule has 2 heteroatoms. The zero-order valence-electron chi connectivity index (χ0n) is 6.67. The van der Waals surface area contributed by atoms with Gasteiger partial charge in [0.25, 0.3) is 0 Å². The van der Waals surface area contributed by atoms with Gasteiger partial charge in [-0.15, -0.1) is 0 Å². The van der Waals surface area contributed by atoms with E-state index in [0.717, 1.165) is 12.8 Å². The van der Waals surface area contributed by atoms with Crippen LogP contribution in [0.4, 0.5) is 0 Å². The molecule has 0 saturated heterocycles. The highest BCUT2D eigenvalue weighted by atomic mass is 32.1. The lowest BCUT2D eigenvalue weighted by Gasteiger charge is -2.02. The lowest BCUT2D eigenvalue weighted by atomic mass is 10.2. The Hall–Kier alpha value is -0.630. The molecule has 0 saturated carbocycles. The van der Waals surface area contributed by atoms with Crippen LogP contribution in [0, 0.1) is 0 Å². The molecule has 0 aromatic rings. The molecule has 1 aliphatic rings. The summed E-state index contributed by atoms with van der Waals surface area (Å²) in [5.41, 5.74) is 1.36. The summed E-state index contributed by atoms with van der Waals surface area (Å²) in [5, 5.41) is 0.632. The molecule has 11 heavy (non-hydrogen) atoms. The van der Waals surface area contributed by atoms with Crippen LogP contribution in [0.2, 0.25) is 0 Å². The summed E-state index contributed by atoms with van der Waals surface area (Å²) in [4.78, 5) is 0. The zero-order chi connectivity index (χ0) is 8.10. The fraction of sp³-hybridized carbons (Fsp3) is 0.444. The first kappa shape index (κ1) is 8.47. The molecule has 1 rings (SSSR count). The van der Waals surface area contributed by atoms with Crippen LogP contribution in [-0.4, -0.2) is 11.7 Å². The van der Waals surface area contributed by atoms with Gasteiger partial charge in [-0.25, -0.2) is 0 Å². The fourth-order valence-corrected chi connectivity index (χ4v) is 1.09. The highest BCUT2D eigenvalue weighted by Gasteiger charge is 1.97. The molecule has 0 aromatic carbocycles. The Morgan fingerprint density at radius 3 is 3.09 bits per heavy atom. The Kier molecular flexibility index (Phi) is 3.30. The number of hydrogen-bond donors (Lipinski definition) is 0. The molecule has 0 heterocycles. The molecule has 60 valence electrons. The molecular weight excluding hydrogens is 156 g/mol. The molecule has 0 N–H and O–H groups in total. The lowest BCUT2D eigenvalue weighted by Crippen LogP contribution is -1.98. The third-order valence-corrected chi connectivity index (χ3v) is 1.66. The van der Waals surface area contributed by atoms with Crippen molar-refractivity contribution in [1.82, 2.24) is 0 Å². The van der Waals surface area contributed by atoms with Crippen molar-refractivity contribution < 1.29 is 4.74 Å². The minimum absolute atomic E-state index is 0.632. The Bertz CT molecular complexity index is 204. The molecule has 0 aliphatic heterocycles. The SMILES string of the molecule is CC(=S)OCCC1=CCC=C1. The third kappa shape index (κ3) is 3.33. The average Bonchev–Trinajstić information content (AvgIpc) is 2.39. The van der Waals surface area contributed by atoms with Gasteiger partial charge >= 0.3 is 0 Å². The number of hydrogen-bond acceptors (Lipinski definition) is 2. The number of rotatable bonds is 3. The quantitative estimate of drug-likeness (QED) is 0.599. The smallest absolute Gasteiger partial charge is 0.156 e. The van der Waals surface area contributed by atoms with Crippen molar-refractivity contribution in [2.75, 3.05) is 6.61 Å². The van der Waals surface area contributed by atoms with Gasteiger partial charge < -0.3 is 4.74 Å². The maximum absolute atomic E-state index is 5.16. The van der Waals surface area contributed by atoms with E-state index in [1.807, 2.05) is 0 Å².